The molecule has 172 valence electrons. The van der Waals surface area contributed by atoms with Crippen LogP contribution in [0, 0.1) is 10.1 Å². The lowest BCUT2D eigenvalue weighted by Crippen LogP contribution is -2.22. The van der Waals surface area contributed by atoms with Crippen molar-refractivity contribution in [2.75, 3.05) is 5.75 Å². The van der Waals surface area contributed by atoms with E-state index in [1.807, 2.05) is 65.2 Å². The number of benzene rings is 3. The molecule has 0 unspecified atom stereocenters. The van der Waals surface area contributed by atoms with E-state index in [1.54, 1.807) is 12.1 Å². The van der Waals surface area contributed by atoms with Gasteiger partial charge in [-0.1, -0.05) is 60.3 Å². The number of rotatable bonds is 10. The molecule has 0 radical (unpaired) electrons. The van der Waals surface area contributed by atoms with Crippen LogP contribution in [-0.2, 0) is 11.3 Å². The van der Waals surface area contributed by atoms with Gasteiger partial charge < -0.3 is 5.32 Å². The molecule has 34 heavy (non-hydrogen) atoms. The topological polar surface area (TPSA) is 103 Å². The van der Waals surface area contributed by atoms with Crippen LogP contribution in [0.15, 0.2) is 90.1 Å². The minimum Gasteiger partial charge on any atom is -0.352 e. The second kappa shape index (κ2) is 11.2. The number of amides is 1. The van der Waals surface area contributed by atoms with E-state index in [-0.39, 0.29) is 11.6 Å². The quantitative estimate of drug-likeness (QED) is 0.150. The van der Waals surface area contributed by atoms with Gasteiger partial charge in [-0.2, -0.15) is 0 Å². The third-order valence-corrected chi connectivity index (χ3v) is 6.11. The summed E-state index contributed by atoms with van der Waals surface area (Å²) in [5, 5.41) is 23.3. The Bertz CT molecular complexity index is 1240. The molecule has 0 saturated heterocycles. The molecule has 8 nitrogen and oxygen atoms in total. The third kappa shape index (κ3) is 5.87. The number of hydrogen-bond acceptors (Lipinski definition) is 6. The van der Waals surface area contributed by atoms with Crippen LogP contribution in [-0.4, -0.2) is 31.3 Å². The Morgan fingerprint density at radius 3 is 2.29 bits per heavy atom. The Kier molecular flexibility index (Phi) is 7.67. The van der Waals surface area contributed by atoms with E-state index in [0.717, 1.165) is 16.8 Å². The highest BCUT2D eigenvalue weighted by molar-refractivity contribution is 7.99. The third-order valence-electron chi connectivity index (χ3n) is 5.10. The Morgan fingerprint density at radius 1 is 0.941 bits per heavy atom. The molecular formula is C25H23N5O3S. The Labute approximate surface area is 201 Å². The van der Waals surface area contributed by atoms with Crippen LogP contribution >= 0.6 is 11.8 Å². The van der Waals surface area contributed by atoms with Crippen LogP contribution in [0.2, 0.25) is 0 Å². The van der Waals surface area contributed by atoms with Crippen molar-refractivity contribution < 1.29 is 9.72 Å². The molecule has 1 N–H and O–H groups in total. The minimum atomic E-state index is -0.428. The fourth-order valence-corrected chi connectivity index (χ4v) is 4.26. The van der Waals surface area contributed by atoms with Crippen LogP contribution < -0.4 is 5.32 Å². The highest BCUT2D eigenvalue weighted by Gasteiger charge is 2.17. The summed E-state index contributed by atoms with van der Waals surface area (Å²) in [4.78, 5) is 22.7. The fourth-order valence-electron chi connectivity index (χ4n) is 3.37. The highest BCUT2D eigenvalue weighted by Crippen LogP contribution is 2.29. The normalized spacial score (nSPS) is 10.7. The lowest BCUT2D eigenvalue weighted by molar-refractivity contribution is -0.384. The zero-order chi connectivity index (χ0) is 23.8. The van der Waals surface area contributed by atoms with Crippen molar-refractivity contribution in [1.29, 1.82) is 0 Å². The van der Waals surface area contributed by atoms with Crippen molar-refractivity contribution in [3.05, 3.63) is 101 Å². The number of carbonyl (C=O) groups excluding carboxylic acids is 1. The van der Waals surface area contributed by atoms with Crippen LogP contribution in [0.5, 0.6) is 0 Å². The molecule has 0 saturated carbocycles. The molecule has 0 fully saturated rings. The molecule has 1 heterocycles. The highest BCUT2D eigenvalue weighted by atomic mass is 32.2. The summed E-state index contributed by atoms with van der Waals surface area (Å²) in [5.74, 6) is 1.31. The van der Waals surface area contributed by atoms with Gasteiger partial charge in [0.2, 0.25) is 5.91 Å². The number of thioether (sulfide) groups is 1. The largest absolute Gasteiger partial charge is 0.352 e. The van der Waals surface area contributed by atoms with Crippen LogP contribution in [0.1, 0.15) is 18.4 Å². The molecule has 0 aliphatic rings. The number of hydrogen-bond donors (Lipinski definition) is 1. The van der Waals surface area contributed by atoms with Gasteiger partial charge in [-0.15, -0.1) is 10.2 Å². The summed E-state index contributed by atoms with van der Waals surface area (Å²) >= 11 is 1.52. The van der Waals surface area contributed by atoms with Crippen LogP contribution in [0.4, 0.5) is 5.69 Å². The Morgan fingerprint density at radius 2 is 1.62 bits per heavy atom. The average molecular weight is 474 g/mol. The summed E-state index contributed by atoms with van der Waals surface area (Å²) in [7, 11) is 0. The van der Waals surface area contributed by atoms with E-state index in [9.17, 15) is 14.9 Å². The van der Waals surface area contributed by atoms with Crippen molar-refractivity contribution in [2.45, 2.75) is 24.5 Å². The van der Waals surface area contributed by atoms with E-state index >= 15 is 0 Å². The van der Waals surface area contributed by atoms with Gasteiger partial charge in [-0.05, 0) is 36.2 Å². The fraction of sp³-hybridized carbons (Fsp3) is 0.160. The molecule has 0 atom stereocenters. The van der Waals surface area contributed by atoms with Crippen molar-refractivity contribution in [2.24, 2.45) is 0 Å². The molecule has 9 heteroatoms. The predicted octanol–water partition coefficient (Wildman–Crippen LogP) is 5.03. The maximum Gasteiger partial charge on any atom is 0.269 e. The van der Waals surface area contributed by atoms with E-state index in [4.69, 9.17) is 0 Å². The molecule has 0 aliphatic carbocycles. The number of para-hydroxylation sites is 1. The molecule has 0 aliphatic heterocycles. The van der Waals surface area contributed by atoms with Crippen molar-refractivity contribution >= 4 is 23.4 Å². The zero-order valence-corrected chi connectivity index (χ0v) is 19.1. The SMILES string of the molecule is O=C(CCCSc1nnc(-c2ccc([N+](=O)[O-])cc2)n1-c1ccccc1)NCc1ccccc1. The van der Waals surface area contributed by atoms with Gasteiger partial charge in [0.15, 0.2) is 11.0 Å². The molecule has 0 bridgehead atoms. The molecule has 1 amide bonds. The van der Waals surface area contributed by atoms with Crippen molar-refractivity contribution in [3.63, 3.8) is 0 Å². The average Bonchev–Trinajstić information content (AvgIpc) is 3.30. The molecule has 0 spiro atoms. The van der Waals surface area contributed by atoms with Gasteiger partial charge in [0, 0.05) is 42.1 Å². The lowest BCUT2D eigenvalue weighted by atomic mass is 10.2. The molecular weight excluding hydrogens is 450 g/mol. The van der Waals surface area contributed by atoms with E-state index < -0.39 is 4.92 Å². The number of nitrogens with one attached hydrogen (secondary N) is 1. The first-order valence-electron chi connectivity index (χ1n) is 10.8. The van der Waals surface area contributed by atoms with E-state index in [0.29, 0.717) is 36.1 Å². The number of non-ortho nitro benzene ring substituents is 1. The number of nitro benzene ring substituents is 1. The van der Waals surface area contributed by atoms with Gasteiger partial charge in [0.25, 0.3) is 5.69 Å². The first-order valence-corrected chi connectivity index (χ1v) is 11.8. The maximum absolute atomic E-state index is 12.2. The maximum atomic E-state index is 12.2. The van der Waals surface area contributed by atoms with Gasteiger partial charge in [-0.25, -0.2) is 0 Å². The summed E-state index contributed by atoms with van der Waals surface area (Å²) in [5.41, 5.74) is 2.72. The molecule has 1 aromatic heterocycles. The van der Waals surface area contributed by atoms with Crippen molar-refractivity contribution in [1.82, 2.24) is 20.1 Å². The van der Waals surface area contributed by atoms with E-state index in [1.165, 1.54) is 23.9 Å². The first kappa shape index (κ1) is 23.2. The summed E-state index contributed by atoms with van der Waals surface area (Å²) in [6.07, 6.45) is 1.12. The van der Waals surface area contributed by atoms with Gasteiger partial charge in [0.1, 0.15) is 0 Å². The number of nitrogens with zero attached hydrogens (tertiary/aromatic N) is 4. The smallest absolute Gasteiger partial charge is 0.269 e. The van der Waals surface area contributed by atoms with E-state index in [2.05, 4.69) is 15.5 Å². The molecule has 4 rings (SSSR count). The second-order valence-electron chi connectivity index (χ2n) is 7.50. The van der Waals surface area contributed by atoms with Crippen LogP contribution in [0.25, 0.3) is 17.1 Å². The summed E-state index contributed by atoms with van der Waals surface area (Å²) in [6.45, 7) is 0.522. The monoisotopic (exact) mass is 473 g/mol. The standard InChI is InChI=1S/C25H23N5O3S/c31-23(26-18-19-8-3-1-4-9-19)12-7-17-34-25-28-27-24(29(25)21-10-5-2-6-11-21)20-13-15-22(16-14-20)30(32)33/h1-6,8-11,13-16H,7,12,17-18H2,(H,26,31). The zero-order valence-electron chi connectivity index (χ0n) is 18.3. The van der Waals surface area contributed by atoms with Gasteiger partial charge in [-0.3, -0.25) is 19.5 Å². The minimum absolute atomic E-state index is 0.0144. The lowest BCUT2D eigenvalue weighted by Gasteiger charge is -2.10. The Balaban J connectivity index is 1.41. The summed E-state index contributed by atoms with van der Waals surface area (Å²) in [6, 6.07) is 25.8. The van der Waals surface area contributed by atoms with Gasteiger partial charge in [0.05, 0.1) is 4.92 Å². The number of carbonyl (C=O) groups is 1. The first-order chi connectivity index (χ1) is 16.6. The van der Waals surface area contributed by atoms with Gasteiger partial charge >= 0.3 is 0 Å². The van der Waals surface area contributed by atoms with Crippen LogP contribution in [0.3, 0.4) is 0 Å². The van der Waals surface area contributed by atoms with Crippen molar-refractivity contribution in [3.8, 4) is 17.1 Å². The molecule has 3 aromatic carbocycles. The number of nitro groups is 1. The summed E-state index contributed by atoms with van der Waals surface area (Å²) < 4.78 is 1.93. The number of aromatic nitrogens is 3. The second-order valence-corrected chi connectivity index (χ2v) is 8.56. The Hall–Kier alpha value is -3.98. The molecule has 4 aromatic rings. The predicted molar refractivity (Wildman–Crippen MR) is 132 cm³/mol.